The number of anilines is 2. The molecule has 1 aliphatic carbocycles. The van der Waals surface area contributed by atoms with E-state index in [1.54, 1.807) is 30.3 Å². The van der Waals surface area contributed by atoms with Crippen LogP contribution in [0.3, 0.4) is 0 Å². The van der Waals surface area contributed by atoms with Crippen LogP contribution in [0.2, 0.25) is 10.0 Å². The van der Waals surface area contributed by atoms with Crippen molar-refractivity contribution in [1.82, 2.24) is 0 Å². The van der Waals surface area contributed by atoms with Gasteiger partial charge in [-0.3, -0.25) is 9.59 Å². The number of carbonyl (C=O) groups is 2. The van der Waals surface area contributed by atoms with Crippen LogP contribution in [-0.4, -0.2) is 11.8 Å². The zero-order valence-corrected chi connectivity index (χ0v) is 15.5. The molecule has 1 saturated carbocycles. The maximum Gasteiger partial charge on any atom is 0.240 e. The van der Waals surface area contributed by atoms with Gasteiger partial charge in [0.1, 0.15) is 5.41 Å². The summed E-state index contributed by atoms with van der Waals surface area (Å²) in [6.45, 7) is 3.70. The van der Waals surface area contributed by atoms with Gasteiger partial charge in [-0.15, -0.1) is 0 Å². The first kappa shape index (κ1) is 17.8. The molecule has 0 spiro atoms. The lowest BCUT2D eigenvalue weighted by Crippen LogP contribution is -2.36. The lowest BCUT2D eigenvalue weighted by molar-refractivity contribution is -0.131. The topological polar surface area (TPSA) is 58.2 Å². The number of benzene rings is 2. The maximum absolute atomic E-state index is 12.7. The van der Waals surface area contributed by atoms with Gasteiger partial charge in [-0.1, -0.05) is 35.3 Å². The van der Waals surface area contributed by atoms with Crippen molar-refractivity contribution in [2.45, 2.75) is 26.7 Å². The normalized spacial score (nSPS) is 14.7. The first-order valence-corrected chi connectivity index (χ1v) is 8.73. The molecule has 3 rings (SSSR count). The highest BCUT2D eigenvalue weighted by atomic mass is 35.5. The van der Waals surface area contributed by atoms with E-state index >= 15 is 0 Å². The second-order valence-electron chi connectivity index (χ2n) is 6.36. The van der Waals surface area contributed by atoms with Gasteiger partial charge in [0.25, 0.3) is 0 Å². The minimum Gasteiger partial charge on any atom is -0.325 e. The molecule has 25 heavy (non-hydrogen) atoms. The number of rotatable bonds is 4. The van der Waals surface area contributed by atoms with Crippen LogP contribution >= 0.6 is 23.2 Å². The molecule has 0 radical (unpaired) electrons. The summed E-state index contributed by atoms with van der Waals surface area (Å²) in [4.78, 5) is 25.4. The highest BCUT2D eigenvalue weighted by molar-refractivity contribution is 6.32. The largest absolute Gasteiger partial charge is 0.325 e. The van der Waals surface area contributed by atoms with Gasteiger partial charge in [-0.2, -0.15) is 0 Å². The van der Waals surface area contributed by atoms with Crippen molar-refractivity contribution in [2.24, 2.45) is 5.41 Å². The van der Waals surface area contributed by atoms with Gasteiger partial charge in [-0.25, -0.2) is 0 Å². The van der Waals surface area contributed by atoms with E-state index in [1.165, 1.54) is 0 Å². The molecule has 0 bridgehead atoms. The predicted molar refractivity (Wildman–Crippen MR) is 101 cm³/mol. The highest BCUT2D eigenvalue weighted by Gasteiger charge is 2.56. The van der Waals surface area contributed by atoms with E-state index in [0.29, 0.717) is 34.3 Å². The first-order valence-electron chi connectivity index (χ1n) is 7.98. The van der Waals surface area contributed by atoms with E-state index in [0.717, 1.165) is 11.1 Å². The lowest BCUT2D eigenvalue weighted by atomic mass is 10.0. The Balaban J connectivity index is 1.77. The Hall–Kier alpha value is -2.04. The molecule has 0 aromatic heterocycles. The van der Waals surface area contributed by atoms with Crippen molar-refractivity contribution in [3.8, 4) is 0 Å². The molecule has 0 saturated heterocycles. The molecular weight excluding hydrogens is 359 g/mol. The summed E-state index contributed by atoms with van der Waals surface area (Å²) in [6.07, 6.45) is 1.04. The second-order valence-corrected chi connectivity index (χ2v) is 7.21. The molecule has 0 aliphatic heterocycles. The molecule has 130 valence electrons. The fraction of sp³-hybridized carbons (Fsp3) is 0.263. The molecule has 2 amide bonds. The van der Waals surface area contributed by atoms with Crippen LogP contribution in [0.15, 0.2) is 36.4 Å². The van der Waals surface area contributed by atoms with Crippen LogP contribution < -0.4 is 10.6 Å². The van der Waals surface area contributed by atoms with E-state index in [1.807, 2.05) is 19.9 Å². The third-order valence-electron chi connectivity index (χ3n) is 4.58. The number of hydrogen-bond donors (Lipinski definition) is 2. The van der Waals surface area contributed by atoms with E-state index in [9.17, 15) is 9.59 Å². The van der Waals surface area contributed by atoms with Crippen molar-refractivity contribution in [1.29, 1.82) is 0 Å². The van der Waals surface area contributed by atoms with Crippen LogP contribution in [-0.2, 0) is 9.59 Å². The molecule has 0 unspecified atom stereocenters. The number of hydrogen-bond acceptors (Lipinski definition) is 2. The van der Waals surface area contributed by atoms with Gasteiger partial charge in [0, 0.05) is 21.4 Å². The Kier molecular flexibility index (Phi) is 4.76. The molecule has 4 nitrogen and oxygen atoms in total. The molecule has 0 atom stereocenters. The summed E-state index contributed by atoms with van der Waals surface area (Å²) in [5.74, 6) is -0.620. The van der Waals surface area contributed by atoms with Gasteiger partial charge in [0.2, 0.25) is 11.8 Å². The van der Waals surface area contributed by atoms with Crippen LogP contribution in [0.1, 0.15) is 24.0 Å². The standard InChI is InChI=1S/C19H18Cl2N2O2/c1-11-6-7-13(20)10-16(11)23-18(25)19(8-9-19)17(24)22-15-5-3-4-14(21)12(15)2/h3-7,10H,8-9H2,1-2H3,(H,22,24)(H,23,25). The molecular formula is C19H18Cl2N2O2. The maximum atomic E-state index is 12.7. The third-order valence-corrected chi connectivity index (χ3v) is 5.23. The average molecular weight is 377 g/mol. The Morgan fingerprint density at radius 1 is 0.960 bits per heavy atom. The lowest BCUT2D eigenvalue weighted by Gasteiger charge is -2.17. The van der Waals surface area contributed by atoms with E-state index in [-0.39, 0.29) is 11.8 Å². The van der Waals surface area contributed by atoms with E-state index in [2.05, 4.69) is 10.6 Å². The van der Waals surface area contributed by atoms with E-state index in [4.69, 9.17) is 23.2 Å². The summed E-state index contributed by atoms with van der Waals surface area (Å²) in [7, 11) is 0. The Bertz CT molecular complexity index is 842. The number of halogens is 2. The Labute approximate surface area is 156 Å². The Morgan fingerprint density at radius 3 is 2.24 bits per heavy atom. The first-order chi connectivity index (χ1) is 11.8. The van der Waals surface area contributed by atoms with Gasteiger partial charge in [0.15, 0.2) is 0 Å². The molecule has 2 N–H and O–H groups in total. The van der Waals surface area contributed by atoms with Crippen LogP contribution in [0.25, 0.3) is 0 Å². The molecule has 1 fully saturated rings. The summed E-state index contributed by atoms with van der Waals surface area (Å²) < 4.78 is 0. The Morgan fingerprint density at radius 2 is 1.60 bits per heavy atom. The minimum absolute atomic E-state index is 0.310. The predicted octanol–water partition coefficient (Wildman–Crippen LogP) is 4.97. The quantitative estimate of drug-likeness (QED) is 0.740. The fourth-order valence-electron chi connectivity index (χ4n) is 2.64. The van der Waals surface area contributed by atoms with Crippen LogP contribution in [0.5, 0.6) is 0 Å². The molecule has 2 aromatic rings. The van der Waals surface area contributed by atoms with Gasteiger partial charge in [-0.05, 0) is 62.1 Å². The summed E-state index contributed by atoms with van der Waals surface area (Å²) in [5, 5.41) is 6.78. The summed E-state index contributed by atoms with van der Waals surface area (Å²) in [5.41, 5.74) is 1.87. The summed E-state index contributed by atoms with van der Waals surface area (Å²) in [6, 6.07) is 10.6. The van der Waals surface area contributed by atoms with Gasteiger partial charge >= 0.3 is 0 Å². The second kappa shape index (κ2) is 6.70. The minimum atomic E-state index is -1.04. The van der Waals surface area contributed by atoms with Gasteiger partial charge < -0.3 is 10.6 Å². The number of amides is 2. The zero-order chi connectivity index (χ0) is 18.2. The summed E-state index contributed by atoms with van der Waals surface area (Å²) >= 11 is 12.1. The van der Waals surface area contributed by atoms with Crippen molar-refractivity contribution in [3.05, 3.63) is 57.6 Å². The fourth-order valence-corrected chi connectivity index (χ4v) is 2.98. The number of carbonyl (C=O) groups excluding carboxylic acids is 2. The van der Waals surface area contributed by atoms with Crippen LogP contribution in [0.4, 0.5) is 11.4 Å². The van der Waals surface area contributed by atoms with Crippen molar-refractivity contribution >= 4 is 46.4 Å². The van der Waals surface area contributed by atoms with Crippen LogP contribution in [0, 0.1) is 19.3 Å². The number of aryl methyl sites for hydroxylation is 1. The monoisotopic (exact) mass is 376 g/mol. The molecule has 2 aromatic carbocycles. The SMILES string of the molecule is Cc1ccc(Cl)cc1NC(=O)C1(C(=O)Nc2cccc(Cl)c2C)CC1. The molecule has 6 heteroatoms. The number of nitrogens with one attached hydrogen (secondary N) is 2. The zero-order valence-electron chi connectivity index (χ0n) is 14.0. The molecule has 1 aliphatic rings. The third kappa shape index (κ3) is 3.51. The van der Waals surface area contributed by atoms with Crippen molar-refractivity contribution in [3.63, 3.8) is 0 Å². The molecule has 0 heterocycles. The van der Waals surface area contributed by atoms with Crippen molar-refractivity contribution < 1.29 is 9.59 Å². The van der Waals surface area contributed by atoms with Crippen molar-refractivity contribution in [2.75, 3.05) is 10.6 Å². The smallest absolute Gasteiger partial charge is 0.240 e. The van der Waals surface area contributed by atoms with Gasteiger partial charge in [0.05, 0.1) is 0 Å². The average Bonchev–Trinajstić information content (AvgIpc) is 3.37. The highest BCUT2D eigenvalue weighted by Crippen LogP contribution is 2.48. The van der Waals surface area contributed by atoms with E-state index < -0.39 is 5.41 Å².